The molecule has 3 heteroatoms. The summed E-state index contributed by atoms with van der Waals surface area (Å²) < 4.78 is 0. The predicted molar refractivity (Wildman–Crippen MR) is 73.7 cm³/mol. The Morgan fingerprint density at radius 1 is 1.11 bits per heavy atom. The van der Waals surface area contributed by atoms with Crippen LogP contribution in [0.15, 0.2) is 54.9 Å². The Hall–Kier alpha value is -2.16. The number of amides is 1. The van der Waals surface area contributed by atoms with Gasteiger partial charge in [-0.1, -0.05) is 18.2 Å². The number of likely N-dealkylation sites (tertiary alicyclic amines) is 1. The summed E-state index contributed by atoms with van der Waals surface area (Å²) in [6.07, 6.45) is 5.67. The first-order valence-electron chi connectivity index (χ1n) is 6.62. The summed E-state index contributed by atoms with van der Waals surface area (Å²) in [5.74, 6) is 0.125. The van der Waals surface area contributed by atoms with Crippen LogP contribution in [-0.4, -0.2) is 22.3 Å². The van der Waals surface area contributed by atoms with Crippen molar-refractivity contribution >= 4 is 5.91 Å². The van der Waals surface area contributed by atoms with Crippen LogP contribution in [0.4, 0.5) is 0 Å². The number of pyridine rings is 1. The molecular weight excluding hydrogens is 236 g/mol. The van der Waals surface area contributed by atoms with Gasteiger partial charge < -0.3 is 4.90 Å². The van der Waals surface area contributed by atoms with E-state index >= 15 is 0 Å². The number of nitrogens with zero attached hydrogens (tertiary/aromatic N) is 2. The lowest BCUT2D eigenvalue weighted by Crippen LogP contribution is -2.30. The molecule has 1 aliphatic heterocycles. The zero-order valence-electron chi connectivity index (χ0n) is 10.7. The number of hydrogen-bond acceptors (Lipinski definition) is 2. The van der Waals surface area contributed by atoms with Crippen LogP contribution in [0.1, 0.15) is 34.8 Å². The highest BCUT2D eigenvalue weighted by Crippen LogP contribution is 2.32. The first-order chi connectivity index (χ1) is 9.36. The molecule has 1 aliphatic rings. The highest BCUT2D eigenvalue weighted by molar-refractivity contribution is 5.94. The van der Waals surface area contributed by atoms with Gasteiger partial charge in [0.15, 0.2) is 0 Å². The van der Waals surface area contributed by atoms with Crippen LogP contribution in [0.2, 0.25) is 0 Å². The van der Waals surface area contributed by atoms with E-state index < -0.39 is 0 Å². The van der Waals surface area contributed by atoms with Gasteiger partial charge in [0.05, 0.1) is 6.04 Å². The van der Waals surface area contributed by atoms with Crippen molar-refractivity contribution < 1.29 is 4.79 Å². The summed E-state index contributed by atoms with van der Waals surface area (Å²) in [5.41, 5.74) is 1.94. The Morgan fingerprint density at radius 2 is 1.84 bits per heavy atom. The smallest absolute Gasteiger partial charge is 0.254 e. The zero-order valence-corrected chi connectivity index (χ0v) is 10.7. The van der Waals surface area contributed by atoms with Crippen molar-refractivity contribution in [1.82, 2.24) is 9.88 Å². The van der Waals surface area contributed by atoms with E-state index in [2.05, 4.69) is 4.98 Å². The lowest BCUT2D eigenvalue weighted by molar-refractivity contribution is 0.0735. The third-order valence-electron chi connectivity index (χ3n) is 3.63. The molecule has 1 saturated heterocycles. The highest BCUT2D eigenvalue weighted by Gasteiger charge is 2.30. The van der Waals surface area contributed by atoms with Gasteiger partial charge in [0.1, 0.15) is 0 Å². The fourth-order valence-corrected chi connectivity index (χ4v) is 2.69. The fourth-order valence-electron chi connectivity index (χ4n) is 2.69. The largest absolute Gasteiger partial charge is 0.332 e. The molecule has 0 radical (unpaired) electrons. The van der Waals surface area contributed by atoms with Crippen LogP contribution in [-0.2, 0) is 0 Å². The van der Waals surface area contributed by atoms with Gasteiger partial charge in [-0.2, -0.15) is 0 Å². The molecule has 1 atom stereocenters. The molecular formula is C16H16N2O. The quantitative estimate of drug-likeness (QED) is 0.823. The maximum absolute atomic E-state index is 12.5. The third-order valence-corrected chi connectivity index (χ3v) is 3.63. The van der Waals surface area contributed by atoms with Crippen molar-refractivity contribution in [3.05, 3.63) is 66.0 Å². The Kier molecular flexibility index (Phi) is 3.27. The molecule has 3 rings (SSSR count). The van der Waals surface area contributed by atoms with Gasteiger partial charge in [0.2, 0.25) is 0 Å². The Morgan fingerprint density at radius 3 is 2.58 bits per heavy atom. The molecule has 0 aliphatic carbocycles. The molecule has 1 fully saturated rings. The standard InChI is InChI=1S/C16H16N2O/c19-16(14-5-2-1-3-6-14)18-12-4-7-15(18)13-8-10-17-11-9-13/h1-3,5-6,8-11,15H,4,7,12H2. The second kappa shape index (κ2) is 5.22. The van der Waals surface area contributed by atoms with Crippen molar-refractivity contribution in [1.29, 1.82) is 0 Å². The van der Waals surface area contributed by atoms with E-state index in [9.17, 15) is 4.79 Å². The van der Waals surface area contributed by atoms with Gasteiger partial charge in [0, 0.05) is 24.5 Å². The van der Waals surface area contributed by atoms with Gasteiger partial charge in [-0.15, -0.1) is 0 Å². The minimum absolute atomic E-state index is 0.125. The Bertz CT molecular complexity index is 553. The van der Waals surface area contributed by atoms with Crippen molar-refractivity contribution in [2.24, 2.45) is 0 Å². The third kappa shape index (κ3) is 2.36. The molecule has 0 N–H and O–H groups in total. The van der Waals surface area contributed by atoms with Crippen molar-refractivity contribution in [2.45, 2.75) is 18.9 Å². The maximum atomic E-state index is 12.5. The molecule has 3 nitrogen and oxygen atoms in total. The number of rotatable bonds is 2. The molecule has 1 aromatic heterocycles. The number of benzene rings is 1. The second-order valence-electron chi connectivity index (χ2n) is 4.80. The Labute approximate surface area is 112 Å². The summed E-state index contributed by atoms with van der Waals surface area (Å²) in [6, 6.07) is 13.7. The molecule has 19 heavy (non-hydrogen) atoms. The van der Waals surface area contributed by atoms with Crippen LogP contribution >= 0.6 is 0 Å². The Balaban J connectivity index is 1.86. The molecule has 1 unspecified atom stereocenters. The molecule has 2 heterocycles. The zero-order chi connectivity index (χ0) is 13.1. The SMILES string of the molecule is O=C(c1ccccc1)N1CCCC1c1ccncc1. The average molecular weight is 252 g/mol. The average Bonchev–Trinajstić information content (AvgIpc) is 2.98. The van der Waals surface area contributed by atoms with Gasteiger partial charge in [-0.05, 0) is 42.7 Å². The number of aromatic nitrogens is 1. The summed E-state index contributed by atoms with van der Waals surface area (Å²) in [4.78, 5) is 18.6. The molecule has 1 amide bonds. The summed E-state index contributed by atoms with van der Waals surface area (Å²) in [6.45, 7) is 0.834. The monoisotopic (exact) mass is 252 g/mol. The van der Waals surface area contributed by atoms with Crippen LogP contribution in [0.5, 0.6) is 0 Å². The van der Waals surface area contributed by atoms with Gasteiger partial charge in [-0.25, -0.2) is 0 Å². The number of carbonyl (C=O) groups is 1. The molecule has 0 saturated carbocycles. The molecule has 2 aromatic rings. The van der Waals surface area contributed by atoms with Crippen molar-refractivity contribution in [3.8, 4) is 0 Å². The fraction of sp³-hybridized carbons (Fsp3) is 0.250. The van der Waals surface area contributed by atoms with Gasteiger partial charge >= 0.3 is 0 Å². The van der Waals surface area contributed by atoms with Crippen LogP contribution in [0.3, 0.4) is 0 Å². The molecule has 0 bridgehead atoms. The lowest BCUT2D eigenvalue weighted by atomic mass is 10.1. The van der Waals surface area contributed by atoms with Crippen LogP contribution in [0, 0.1) is 0 Å². The van der Waals surface area contributed by atoms with Crippen molar-refractivity contribution in [3.63, 3.8) is 0 Å². The van der Waals surface area contributed by atoms with Crippen LogP contribution in [0.25, 0.3) is 0 Å². The lowest BCUT2D eigenvalue weighted by Gasteiger charge is -2.25. The van der Waals surface area contributed by atoms with E-state index in [0.29, 0.717) is 0 Å². The van der Waals surface area contributed by atoms with E-state index in [1.54, 1.807) is 12.4 Å². The van der Waals surface area contributed by atoms with Gasteiger partial charge in [0.25, 0.3) is 5.91 Å². The first kappa shape index (κ1) is 11.9. The number of hydrogen-bond donors (Lipinski definition) is 0. The molecule has 0 spiro atoms. The van der Waals surface area contributed by atoms with E-state index in [4.69, 9.17) is 0 Å². The predicted octanol–water partition coefficient (Wildman–Crippen LogP) is 3.06. The van der Waals surface area contributed by atoms with E-state index in [-0.39, 0.29) is 11.9 Å². The van der Waals surface area contributed by atoms with Gasteiger partial charge in [-0.3, -0.25) is 9.78 Å². The summed E-state index contributed by atoms with van der Waals surface area (Å²) >= 11 is 0. The minimum atomic E-state index is 0.125. The van der Waals surface area contributed by atoms with E-state index in [1.165, 1.54) is 5.56 Å². The highest BCUT2D eigenvalue weighted by atomic mass is 16.2. The number of carbonyl (C=O) groups excluding carboxylic acids is 1. The first-order valence-corrected chi connectivity index (χ1v) is 6.62. The second-order valence-corrected chi connectivity index (χ2v) is 4.80. The summed E-state index contributed by atoms with van der Waals surface area (Å²) in [7, 11) is 0. The van der Waals surface area contributed by atoms with E-state index in [0.717, 1.165) is 24.9 Å². The normalized spacial score (nSPS) is 18.5. The molecule has 1 aromatic carbocycles. The summed E-state index contributed by atoms with van der Waals surface area (Å²) in [5, 5.41) is 0. The topological polar surface area (TPSA) is 33.2 Å². The van der Waals surface area contributed by atoms with Crippen LogP contribution < -0.4 is 0 Å². The molecule has 96 valence electrons. The minimum Gasteiger partial charge on any atom is -0.332 e. The van der Waals surface area contributed by atoms with Crippen molar-refractivity contribution in [2.75, 3.05) is 6.54 Å². The maximum Gasteiger partial charge on any atom is 0.254 e. The van der Waals surface area contributed by atoms with E-state index in [1.807, 2.05) is 47.4 Å².